The van der Waals surface area contributed by atoms with Gasteiger partial charge in [0.2, 0.25) is 11.8 Å². The van der Waals surface area contributed by atoms with Gasteiger partial charge in [0.15, 0.2) is 0 Å². The fourth-order valence-electron chi connectivity index (χ4n) is 2.32. The third kappa shape index (κ3) is 5.46. The highest BCUT2D eigenvalue weighted by atomic mass is 35.5. The van der Waals surface area contributed by atoms with Crippen LogP contribution in [0.3, 0.4) is 0 Å². The fraction of sp³-hybridized carbons (Fsp3) is 0.278. The molecule has 1 aromatic heterocycles. The second-order valence-electron chi connectivity index (χ2n) is 5.37. The zero-order valence-corrected chi connectivity index (χ0v) is 14.9. The van der Waals surface area contributed by atoms with Gasteiger partial charge in [-0.15, -0.1) is 0 Å². The first-order valence-corrected chi connectivity index (χ1v) is 8.16. The summed E-state index contributed by atoms with van der Waals surface area (Å²) in [5.74, 6) is 0.184. The van der Waals surface area contributed by atoms with E-state index in [2.05, 4.69) is 10.3 Å². The minimum Gasteiger partial charge on any atom is -0.495 e. The smallest absolute Gasteiger partial charge is 0.223 e. The second kappa shape index (κ2) is 9.03. The number of rotatable bonds is 7. The van der Waals surface area contributed by atoms with Gasteiger partial charge in [0, 0.05) is 43.9 Å². The van der Waals surface area contributed by atoms with Crippen molar-refractivity contribution in [3.63, 3.8) is 0 Å². The SMILES string of the molecule is COc1ccc(Cl)cc1N(CCC(=O)NCc1ccncc1)C(C)=O. The predicted octanol–water partition coefficient (Wildman–Crippen LogP) is 2.80. The largest absolute Gasteiger partial charge is 0.495 e. The lowest BCUT2D eigenvalue weighted by molar-refractivity contribution is -0.121. The highest BCUT2D eigenvalue weighted by Gasteiger charge is 2.18. The van der Waals surface area contributed by atoms with E-state index in [-0.39, 0.29) is 24.8 Å². The van der Waals surface area contributed by atoms with Gasteiger partial charge in [0.05, 0.1) is 12.8 Å². The summed E-state index contributed by atoms with van der Waals surface area (Å²) in [6.45, 7) is 2.09. The van der Waals surface area contributed by atoms with Crippen LogP contribution in [0.25, 0.3) is 0 Å². The maximum atomic E-state index is 12.1. The van der Waals surface area contributed by atoms with E-state index >= 15 is 0 Å². The molecule has 0 radical (unpaired) electrons. The first-order valence-electron chi connectivity index (χ1n) is 7.78. The number of carbonyl (C=O) groups excluding carboxylic acids is 2. The van der Waals surface area contributed by atoms with Crippen LogP contribution in [0.1, 0.15) is 18.9 Å². The number of aromatic nitrogens is 1. The number of methoxy groups -OCH3 is 1. The molecule has 0 fully saturated rings. The number of hydrogen-bond donors (Lipinski definition) is 1. The molecule has 2 rings (SSSR count). The van der Waals surface area contributed by atoms with Gasteiger partial charge in [-0.25, -0.2) is 0 Å². The molecule has 0 saturated carbocycles. The number of nitrogens with one attached hydrogen (secondary N) is 1. The topological polar surface area (TPSA) is 71.5 Å². The van der Waals surface area contributed by atoms with Crippen LogP contribution >= 0.6 is 11.6 Å². The van der Waals surface area contributed by atoms with Crippen LogP contribution in [0.15, 0.2) is 42.7 Å². The van der Waals surface area contributed by atoms with Gasteiger partial charge in [-0.2, -0.15) is 0 Å². The third-order valence-electron chi connectivity index (χ3n) is 3.61. The summed E-state index contributed by atoms with van der Waals surface area (Å²) in [6, 6.07) is 8.69. The highest BCUT2D eigenvalue weighted by Crippen LogP contribution is 2.31. The van der Waals surface area contributed by atoms with E-state index in [1.165, 1.54) is 18.9 Å². The molecule has 0 spiro atoms. The minimum absolute atomic E-state index is 0.149. The summed E-state index contributed by atoms with van der Waals surface area (Å²) in [5, 5.41) is 3.31. The Hall–Kier alpha value is -2.60. The summed E-state index contributed by atoms with van der Waals surface area (Å²) < 4.78 is 5.28. The Labute approximate surface area is 151 Å². The minimum atomic E-state index is -0.192. The molecule has 132 valence electrons. The fourth-order valence-corrected chi connectivity index (χ4v) is 2.49. The van der Waals surface area contributed by atoms with Crippen LogP contribution in [0.4, 0.5) is 5.69 Å². The number of nitrogens with zero attached hydrogens (tertiary/aromatic N) is 2. The molecule has 0 aliphatic heterocycles. The van der Waals surface area contributed by atoms with E-state index in [9.17, 15) is 9.59 Å². The lowest BCUT2D eigenvalue weighted by Crippen LogP contribution is -2.34. The van der Waals surface area contributed by atoms with Crippen LogP contribution in [0, 0.1) is 0 Å². The number of amides is 2. The van der Waals surface area contributed by atoms with Crippen LogP contribution in [0.5, 0.6) is 5.75 Å². The number of benzene rings is 1. The third-order valence-corrected chi connectivity index (χ3v) is 3.85. The van der Waals surface area contributed by atoms with Crippen LogP contribution in [0.2, 0.25) is 5.02 Å². The van der Waals surface area contributed by atoms with Crippen molar-refractivity contribution in [1.29, 1.82) is 0 Å². The van der Waals surface area contributed by atoms with E-state index in [4.69, 9.17) is 16.3 Å². The van der Waals surface area contributed by atoms with E-state index in [1.54, 1.807) is 30.6 Å². The number of anilines is 1. The Kier molecular flexibility index (Phi) is 6.77. The molecule has 0 aliphatic carbocycles. The van der Waals surface area contributed by atoms with Gasteiger partial charge in [0.1, 0.15) is 5.75 Å². The van der Waals surface area contributed by atoms with Gasteiger partial charge >= 0.3 is 0 Å². The number of halogens is 1. The van der Waals surface area contributed by atoms with Crippen LogP contribution in [-0.2, 0) is 16.1 Å². The Morgan fingerprint density at radius 3 is 2.60 bits per heavy atom. The van der Waals surface area contributed by atoms with Crippen molar-refractivity contribution in [2.75, 3.05) is 18.6 Å². The number of ether oxygens (including phenoxy) is 1. The van der Waals surface area contributed by atoms with Crippen LogP contribution in [-0.4, -0.2) is 30.5 Å². The average Bonchev–Trinajstić information content (AvgIpc) is 2.61. The van der Waals surface area contributed by atoms with E-state index in [1.807, 2.05) is 12.1 Å². The number of carbonyl (C=O) groups is 2. The maximum Gasteiger partial charge on any atom is 0.223 e. The Morgan fingerprint density at radius 2 is 1.96 bits per heavy atom. The molecule has 1 heterocycles. The first kappa shape index (κ1) is 18.7. The van der Waals surface area contributed by atoms with E-state index in [0.717, 1.165) is 5.56 Å². The van der Waals surface area contributed by atoms with Gasteiger partial charge in [-0.3, -0.25) is 14.6 Å². The molecule has 0 aliphatic rings. The maximum absolute atomic E-state index is 12.1. The van der Waals surface area contributed by atoms with Crippen molar-refractivity contribution in [1.82, 2.24) is 10.3 Å². The van der Waals surface area contributed by atoms with E-state index in [0.29, 0.717) is 23.0 Å². The molecule has 2 amide bonds. The van der Waals surface area contributed by atoms with Gasteiger partial charge in [0.25, 0.3) is 0 Å². The Morgan fingerprint density at radius 1 is 1.24 bits per heavy atom. The average molecular weight is 362 g/mol. The molecule has 0 bridgehead atoms. The molecule has 1 N–H and O–H groups in total. The summed E-state index contributed by atoms with van der Waals surface area (Å²) in [7, 11) is 1.52. The van der Waals surface area contributed by atoms with Gasteiger partial charge in [-0.05, 0) is 35.9 Å². The molecular formula is C18H20ClN3O3. The van der Waals surface area contributed by atoms with Crippen molar-refractivity contribution in [3.8, 4) is 5.75 Å². The lowest BCUT2D eigenvalue weighted by atomic mass is 10.2. The summed E-state index contributed by atoms with van der Waals surface area (Å²) in [5.41, 5.74) is 1.51. The molecule has 0 saturated heterocycles. The number of hydrogen-bond acceptors (Lipinski definition) is 4. The molecule has 25 heavy (non-hydrogen) atoms. The van der Waals surface area contributed by atoms with Gasteiger partial charge in [-0.1, -0.05) is 11.6 Å². The Balaban J connectivity index is 1.99. The molecule has 6 nitrogen and oxygen atoms in total. The molecule has 2 aromatic rings. The molecular weight excluding hydrogens is 342 g/mol. The number of pyridine rings is 1. The van der Waals surface area contributed by atoms with Crippen molar-refractivity contribution in [3.05, 3.63) is 53.3 Å². The van der Waals surface area contributed by atoms with Gasteiger partial charge < -0.3 is 15.0 Å². The molecule has 0 atom stereocenters. The molecule has 0 unspecified atom stereocenters. The molecule has 1 aromatic carbocycles. The normalized spacial score (nSPS) is 10.2. The van der Waals surface area contributed by atoms with Crippen molar-refractivity contribution < 1.29 is 14.3 Å². The zero-order chi connectivity index (χ0) is 18.2. The standard InChI is InChI=1S/C18H20ClN3O3/c1-13(23)22(16-11-15(19)3-4-17(16)25-2)10-7-18(24)21-12-14-5-8-20-9-6-14/h3-6,8-9,11H,7,10,12H2,1-2H3,(H,21,24). The quantitative estimate of drug-likeness (QED) is 0.823. The lowest BCUT2D eigenvalue weighted by Gasteiger charge is -2.23. The second-order valence-corrected chi connectivity index (χ2v) is 5.81. The van der Waals surface area contributed by atoms with Crippen molar-refractivity contribution >= 4 is 29.1 Å². The Bertz CT molecular complexity index is 738. The van der Waals surface area contributed by atoms with Crippen molar-refractivity contribution in [2.45, 2.75) is 19.9 Å². The molecule has 7 heteroatoms. The van der Waals surface area contributed by atoms with E-state index < -0.39 is 0 Å². The first-order chi connectivity index (χ1) is 12.0. The summed E-state index contributed by atoms with van der Waals surface area (Å²) in [6.07, 6.45) is 3.51. The highest BCUT2D eigenvalue weighted by molar-refractivity contribution is 6.31. The summed E-state index contributed by atoms with van der Waals surface area (Å²) in [4.78, 5) is 29.5. The summed E-state index contributed by atoms with van der Waals surface area (Å²) >= 11 is 6.02. The monoisotopic (exact) mass is 361 g/mol. The van der Waals surface area contributed by atoms with Crippen LogP contribution < -0.4 is 15.0 Å². The zero-order valence-electron chi connectivity index (χ0n) is 14.2. The van der Waals surface area contributed by atoms with Crippen molar-refractivity contribution in [2.24, 2.45) is 0 Å². The predicted molar refractivity (Wildman–Crippen MR) is 96.7 cm³/mol.